The van der Waals surface area contributed by atoms with Crippen LogP contribution >= 0.6 is 0 Å². The fraction of sp³-hybridized carbons (Fsp3) is 0.526. The topological polar surface area (TPSA) is 86.9 Å². The molecule has 6 heteroatoms. The van der Waals surface area contributed by atoms with Crippen molar-refractivity contribution < 1.29 is 9.59 Å². The van der Waals surface area contributed by atoms with Crippen molar-refractivity contribution in [2.45, 2.75) is 32.1 Å². The molecule has 1 saturated carbocycles. The number of para-hydroxylation sites is 2. The lowest BCUT2D eigenvalue weighted by atomic mass is 9.69. The van der Waals surface area contributed by atoms with Crippen molar-refractivity contribution in [1.82, 2.24) is 20.6 Å². The Labute approximate surface area is 146 Å². The second-order valence-electron chi connectivity index (χ2n) is 7.15. The van der Waals surface area contributed by atoms with Crippen LogP contribution in [0.15, 0.2) is 24.3 Å². The van der Waals surface area contributed by atoms with E-state index in [1.165, 1.54) is 0 Å². The fourth-order valence-corrected chi connectivity index (χ4v) is 4.31. The maximum absolute atomic E-state index is 12.6. The van der Waals surface area contributed by atoms with Crippen molar-refractivity contribution in [1.29, 1.82) is 0 Å². The molecule has 2 amide bonds. The molecule has 3 atom stereocenters. The van der Waals surface area contributed by atoms with Gasteiger partial charge in [0.1, 0.15) is 5.82 Å². The van der Waals surface area contributed by atoms with E-state index in [2.05, 4.69) is 20.6 Å². The van der Waals surface area contributed by atoms with E-state index in [0.29, 0.717) is 19.5 Å². The minimum atomic E-state index is -0.0985. The second-order valence-corrected chi connectivity index (χ2v) is 7.15. The number of aromatic nitrogens is 2. The Morgan fingerprint density at radius 1 is 1.24 bits per heavy atom. The number of piperidine rings is 1. The number of H-pyrrole nitrogens is 1. The van der Waals surface area contributed by atoms with Gasteiger partial charge in [0.15, 0.2) is 0 Å². The largest absolute Gasteiger partial charge is 0.355 e. The molecule has 3 unspecified atom stereocenters. The summed E-state index contributed by atoms with van der Waals surface area (Å²) in [6, 6.07) is 7.91. The van der Waals surface area contributed by atoms with Crippen LogP contribution < -0.4 is 10.6 Å². The van der Waals surface area contributed by atoms with Gasteiger partial charge in [-0.3, -0.25) is 9.59 Å². The zero-order valence-corrected chi connectivity index (χ0v) is 14.3. The molecule has 2 aromatic rings. The Kier molecular flexibility index (Phi) is 4.42. The minimum Gasteiger partial charge on any atom is -0.355 e. The van der Waals surface area contributed by atoms with Gasteiger partial charge in [0.25, 0.3) is 0 Å². The summed E-state index contributed by atoms with van der Waals surface area (Å²) < 4.78 is 0. The monoisotopic (exact) mass is 340 g/mol. The summed E-state index contributed by atoms with van der Waals surface area (Å²) in [6.07, 6.45) is 4.79. The van der Waals surface area contributed by atoms with Crippen LogP contribution in [0.2, 0.25) is 0 Å². The molecule has 1 saturated heterocycles. The summed E-state index contributed by atoms with van der Waals surface area (Å²) in [4.78, 5) is 32.5. The summed E-state index contributed by atoms with van der Waals surface area (Å²) in [5.74, 6) is 1.21. The minimum absolute atomic E-state index is 0.0219. The van der Waals surface area contributed by atoms with Crippen molar-refractivity contribution >= 4 is 22.8 Å². The van der Waals surface area contributed by atoms with E-state index in [1.807, 2.05) is 24.3 Å². The summed E-state index contributed by atoms with van der Waals surface area (Å²) in [5, 5.41) is 5.96. The average Bonchev–Trinajstić information content (AvgIpc) is 3.05. The molecule has 2 heterocycles. The smallest absolute Gasteiger partial charge is 0.225 e. The van der Waals surface area contributed by atoms with E-state index >= 15 is 0 Å². The van der Waals surface area contributed by atoms with Gasteiger partial charge in [-0.05, 0) is 30.9 Å². The number of hydrogen-bond donors (Lipinski definition) is 3. The summed E-state index contributed by atoms with van der Waals surface area (Å²) >= 11 is 0. The van der Waals surface area contributed by atoms with Crippen LogP contribution in [0.5, 0.6) is 0 Å². The molecule has 1 aliphatic heterocycles. The van der Waals surface area contributed by atoms with Crippen molar-refractivity contribution in [3.05, 3.63) is 30.1 Å². The van der Waals surface area contributed by atoms with E-state index in [9.17, 15) is 9.59 Å². The van der Waals surface area contributed by atoms with Gasteiger partial charge in [-0.1, -0.05) is 25.0 Å². The van der Waals surface area contributed by atoms with Gasteiger partial charge in [0.05, 0.1) is 17.0 Å². The highest BCUT2D eigenvalue weighted by Gasteiger charge is 2.42. The number of aromatic amines is 1. The van der Waals surface area contributed by atoms with Crippen LogP contribution in [-0.2, 0) is 16.0 Å². The highest BCUT2D eigenvalue weighted by atomic mass is 16.2. The van der Waals surface area contributed by atoms with Gasteiger partial charge in [-0.2, -0.15) is 0 Å². The van der Waals surface area contributed by atoms with Gasteiger partial charge in [0, 0.05) is 25.4 Å². The predicted molar refractivity (Wildman–Crippen MR) is 94.8 cm³/mol. The molecule has 3 N–H and O–H groups in total. The quantitative estimate of drug-likeness (QED) is 0.793. The SMILES string of the molecule is O=C1NCC(C(=O)NCCc2nc3ccccc3[nH]2)C2CCCCC12. The molecule has 132 valence electrons. The first-order valence-corrected chi connectivity index (χ1v) is 9.21. The molecule has 1 aromatic carbocycles. The Morgan fingerprint density at radius 3 is 2.96 bits per heavy atom. The molecule has 2 aliphatic rings. The number of carbonyl (C=O) groups is 2. The molecular formula is C19H24N4O2. The van der Waals surface area contributed by atoms with Crippen LogP contribution in [0.4, 0.5) is 0 Å². The van der Waals surface area contributed by atoms with Crippen LogP contribution in [0, 0.1) is 17.8 Å². The van der Waals surface area contributed by atoms with Crippen molar-refractivity contribution in [3.63, 3.8) is 0 Å². The van der Waals surface area contributed by atoms with Crippen molar-refractivity contribution in [3.8, 4) is 0 Å². The van der Waals surface area contributed by atoms with E-state index in [4.69, 9.17) is 0 Å². The molecule has 0 spiro atoms. The summed E-state index contributed by atoms with van der Waals surface area (Å²) in [5.41, 5.74) is 1.97. The first-order chi connectivity index (χ1) is 12.2. The predicted octanol–water partition coefficient (Wildman–Crippen LogP) is 1.77. The van der Waals surface area contributed by atoms with E-state index in [0.717, 1.165) is 42.5 Å². The maximum Gasteiger partial charge on any atom is 0.225 e. The number of fused-ring (bicyclic) bond motifs is 2. The number of amides is 2. The Morgan fingerprint density at radius 2 is 2.08 bits per heavy atom. The van der Waals surface area contributed by atoms with Crippen molar-refractivity contribution in [2.75, 3.05) is 13.1 Å². The summed E-state index contributed by atoms with van der Waals surface area (Å²) in [7, 11) is 0. The third-order valence-electron chi connectivity index (χ3n) is 5.61. The normalized spacial score (nSPS) is 26.1. The lowest BCUT2D eigenvalue weighted by molar-refractivity contribution is -0.138. The lowest BCUT2D eigenvalue weighted by Gasteiger charge is -2.39. The summed E-state index contributed by atoms with van der Waals surface area (Å²) in [6.45, 7) is 1.02. The first kappa shape index (κ1) is 16.1. The average molecular weight is 340 g/mol. The number of hydrogen-bond acceptors (Lipinski definition) is 3. The zero-order chi connectivity index (χ0) is 17.2. The molecule has 0 bridgehead atoms. The van der Waals surface area contributed by atoms with E-state index in [1.54, 1.807) is 0 Å². The van der Waals surface area contributed by atoms with Crippen LogP contribution in [0.1, 0.15) is 31.5 Å². The molecular weight excluding hydrogens is 316 g/mol. The van der Waals surface area contributed by atoms with Crippen molar-refractivity contribution in [2.24, 2.45) is 17.8 Å². The van der Waals surface area contributed by atoms with Gasteiger partial charge in [-0.25, -0.2) is 4.98 Å². The molecule has 6 nitrogen and oxygen atoms in total. The molecule has 1 aromatic heterocycles. The third kappa shape index (κ3) is 3.25. The first-order valence-electron chi connectivity index (χ1n) is 9.21. The molecule has 1 aliphatic carbocycles. The van der Waals surface area contributed by atoms with Gasteiger partial charge >= 0.3 is 0 Å². The number of carbonyl (C=O) groups excluding carboxylic acids is 2. The van der Waals surface area contributed by atoms with Crippen LogP contribution in [0.3, 0.4) is 0 Å². The molecule has 4 rings (SSSR count). The van der Waals surface area contributed by atoms with Gasteiger partial charge in [0.2, 0.25) is 11.8 Å². The number of imidazole rings is 1. The Bertz CT molecular complexity index is 752. The third-order valence-corrected chi connectivity index (χ3v) is 5.61. The van der Waals surface area contributed by atoms with Gasteiger partial charge < -0.3 is 15.6 Å². The zero-order valence-electron chi connectivity index (χ0n) is 14.3. The Balaban J connectivity index is 1.34. The standard InChI is InChI=1S/C19H24N4O2/c24-18-13-6-2-1-5-12(13)14(11-21-18)19(25)20-10-9-17-22-15-7-3-4-8-16(15)23-17/h3-4,7-8,12-14H,1-2,5-6,9-11H2,(H,20,25)(H,21,24)(H,22,23). The highest BCUT2D eigenvalue weighted by Crippen LogP contribution is 2.37. The Hall–Kier alpha value is -2.37. The van der Waals surface area contributed by atoms with Crippen LogP contribution in [0.25, 0.3) is 11.0 Å². The number of rotatable bonds is 4. The second kappa shape index (κ2) is 6.86. The number of nitrogens with zero attached hydrogens (tertiary/aromatic N) is 1. The molecule has 25 heavy (non-hydrogen) atoms. The fourth-order valence-electron chi connectivity index (χ4n) is 4.31. The molecule has 0 radical (unpaired) electrons. The number of benzene rings is 1. The molecule has 2 fully saturated rings. The van der Waals surface area contributed by atoms with Gasteiger partial charge in [-0.15, -0.1) is 0 Å². The highest BCUT2D eigenvalue weighted by molar-refractivity contribution is 5.85. The van der Waals surface area contributed by atoms with Crippen LogP contribution in [-0.4, -0.2) is 34.9 Å². The maximum atomic E-state index is 12.6. The lowest BCUT2D eigenvalue weighted by Crippen LogP contribution is -2.53. The van der Waals surface area contributed by atoms with E-state index < -0.39 is 0 Å². The van der Waals surface area contributed by atoms with E-state index in [-0.39, 0.29) is 29.6 Å². The number of nitrogens with one attached hydrogen (secondary N) is 3.